The Bertz CT molecular complexity index is 407. The molecule has 0 spiro atoms. The van der Waals surface area contributed by atoms with E-state index in [4.69, 9.17) is 14.6 Å². The molecule has 6 nitrogen and oxygen atoms in total. The Kier molecular flexibility index (Phi) is 5.33. The van der Waals surface area contributed by atoms with Crippen LogP contribution in [0.5, 0.6) is 5.75 Å². The molecule has 1 heterocycles. The van der Waals surface area contributed by atoms with Gasteiger partial charge in [-0.3, -0.25) is 0 Å². The minimum absolute atomic E-state index is 0.120. The van der Waals surface area contributed by atoms with Crippen molar-refractivity contribution in [1.29, 1.82) is 0 Å². The van der Waals surface area contributed by atoms with Gasteiger partial charge < -0.3 is 29.9 Å². The van der Waals surface area contributed by atoms with E-state index in [1.807, 2.05) is 0 Å². The maximum Gasteiger partial charge on any atom is 0.184 e. The lowest BCUT2D eigenvalue weighted by molar-refractivity contribution is -0.269. The van der Waals surface area contributed by atoms with Crippen LogP contribution in [0.2, 0.25) is 0 Å². The van der Waals surface area contributed by atoms with E-state index >= 15 is 0 Å². The van der Waals surface area contributed by atoms with Crippen molar-refractivity contribution in [2.45, 2.75) is 37.4 Å². The fourth-order valence-corrected chi connectivity index (χ4v) is 2.13. The van der Waals surface area contributed by atoms with Crippen molar-refractivity contribution in [3.05, 3.63) is 29.8 Å². The summed E-state index contributed by atoms with van der Waals surface area (Å²) in [4.78, 5) is 0. The number of ether oxygens (including phenoxy) is 2. The summed E-state index contributed by atoms with van der Waals surface area (Å²) in [6.45, 7) is 0.0203. The number of hydrogen-bond acceptors (Lipinski definition) is 6. The van der Waals surface area contributed by atoms with Gasteiger partial charge in [-0.2, -0.15) is 0 Å². The molecule has 1 saturated heterocycles. The van der Waals surface area contributed by atoms with Gasteiger partial charge in [0.15, 0.2) is 6.29 Å². The van der Waals surface area contributed by atoms with Crippen LogP contribution in [-0.4, -0.2) is 58.2 Å². The van der Waals surface area contributed by atoms with Crippen molar-refractivity contribution in [3.63, 3.8) is 0 Å². The lowest BCUT2D eigenvalue weighted by Gasteiger charge is -2.36. The third kappa shape index (κ3) is 3.91. The first-order valence-electron chi connectivity index (χ1n) is 6.62. The number of rotatable bonds is 5. The van der Waals surface area contributed by atoms with Crippen LogP contribution < -0.4 is 0 Å². The van der Waals surface area contributed by atoms with Gasteiger partial charge in [-0.25, -0.2) is 0 Å². The second kappa shape index (κ2) is 7.01. The predicted molar refractivity (Wildman–Crippen MR) is 70.1 cm³/mol. The number of aliphatic hydroxyl groups excluding tert-OH is 3. The monoisotopic (exact) mass is 284 g/mol. The first-order chi connectivity index (χ1) is 9.60. The standard InChI is InChI=1S/C14H20O6/c15-8-13-11(17)7-12(18)14(20-13)19-6-5-9-1-3-10(16)4-2-9/h1-4,11-18H,5-8H2/t11-,12+,13+,14+/m0/s1. The third-order valence-corrected chi connectivity index (χ3v) is 3.32. The zero-order valence-corrected chi connectivity index (χ0v) is 11.1. The molecule has 1 aromatic rings. The maximum absolute atomic E-state index is 9.76. The molecule has 0 radical (unpaired) electrons. The first-order valence-corrected chi connectivity index (χ1v) is 6.62. The van der Waals surface area contributed by atoms with Crippen LogP contribution in [0.4, 0.5) is 0 Å². The van der Waals surface area contributed by atoms with E-state index in [1.165, 1.54) is 0 Å². The number of aliphatic hydroxyl groups is 3. The third-order valence-electron chi connectivity index (χ3n) is 3.32. The summed E-state index contributed by atoms with van der Waals surface area (Å²) in [6, 6.07) is 6.77. The average molecular weight is 284 g/mol. The van der Waals surface area contributed by atoms with Crippen molar-refractivity contribution in [2.75, 3.05) is 13.2 Å². The van der Waals surface area contributed by atoms with Crippen LogP contribution in [-0.2, 0) is 15.9 Å². The molecule has 0 saturated carbocycles. The Balaban J connectivity index is 1.79. The second-order valence-corrected chi connectivity index (χ2v) is 4.88. The predicted octanol–water partition coefficient (Wildman–Crippen LogP) is -0.220. The molecule has 20 heavy (non-hydrogen) atoms. The van der Waals surface area contributed by atoms with Crippen molar-refractivity contribution >= 4 is 0 Å². The quantitative estimate of drug-likeness (QED) is 0.596. The largest absolute Gasteiger partial charge is 0.508 e. The Labute approximate surface area is 117 Å². The van der Waals surface area contributed by atoms with Gasteiger partial charge in [0.25, 0.3) is 0 Å². The lowest BCUT2D eigenvalue weighted by atomic mass is 10.0. The Morgan fingerprint density at radius 3 is 2.50 bits per heavy atom. The van der Waals surface area contributed by atoms with E-state index in [2.05, 4.69) is 0 Å². The molecule has 1 aliphatic rings. The van der Waals surface area contributed by atoms with Gasteiger partial charge in [0, 0.05) is 6.42 Å². The van der Waals surface area contributed by atoms with E-state index in [0.29, 0.717) is 13.0 Å². The second-order valence-electron chi connectivity index (χ2n) is 4.88. The SMILES string of the molecule is OC[C@H]1O[C@@H](OCCc2ccc(O)cc2)[C@H](O)C[C@@H]1O. The van der Waals surface area contributed by atoms with E-state index in [1.54, 1.807) is 24.3 Å². The minimum Gasteiger partial charge on any atom is -0.508 e. The normalized spacial score (nSPS) is 30.4. The molecule has 6 heteroatoms. The Hall–Kier alpha value is -1.18. The lowest BCUT2D eigenvalue weighted by Crippen LogP contribution is -2.49. The Morgan fingerprint density at radius 2 is 1.85 bits per heavy atom. The van der Waals surface area contributed by atoms with Crippen LogP contribution in [0.3, 0.4) is 0 Å². The van der Waals surface area contributed by atoms with E-state index in [9.17, 15) is 15.3 Å². The summed E-state index contributed by atoms with van der Waals surface area (Å²) in [5.74, 6) is 0.209. The number of hydrogen-bond donors (Lipinski definition) is 4. The highest BCUT2D eigenvalue weighted by Crippen LogP contribution is 2.21. The molecule has 0 aromatic heterocycles. The molecule has 0 amide bonds. The molecule has 0 bridgehead atoms. The van der Waals surface area contributed by atoms with E-state index in [-0.39, 0.29) is 18.8 Å². The fraction of sp³-hybridized carbons (Fsp3) is 0.571. The molecular weight excluding hydrogens is 264 g/mol. The van der Waals surface area contributed by atoms with Gasteiger partial charge in [-0.05, 0) is 24.1 Å². The molecule has 1 aromatic carbocycles. The van der Waals surface area contributed by atoms with Gasteiger partial charge in [0.2, 0.25) is 0 Å². The van der Waals surface area contributed by atoms with E-state index < -0.39 is 24.6 Å². The van der Waals surface area contributed by atoms with Crippen molar-refractivity contribution < 1.29 is 29.9 Å². The van der Waals surface area contributed by atoms with Gasteiger partial charge >= 0.3 is 0 Å². The van der Waals surface area contributed by atoms with Crippen LogP contribution in [0.25, 0.3) is 0 Å². The number of phenolic OH excluding ortho intramolecular Hbond substituents is 1. The highest BCUT2D eigenvalue weighted by molar-refractivity contribution is 5.25. The summed E-state index contributed by atoms with van der Waals surface area (Å²) in [5.41, 5.74) is 0.992. The molecule has 0 aliphatic carbocycles. The summed E-state index contributed by atoms with van der Waals surface area (Å²) < 4.78 is 10.8. The smallest absolute Gasteiger partial charge is 0.184 e. The fourth-order valence-electron chi connectivity index (χ4n) is 2.13. The molecule has 0 unspecified atom stereocenters. The van der Waals surface area contributed by atoms with Gasteiger partial charge in [0.05, 0.1) is 19.3 Å². The molecule has 4 N–H and O–H groups in total. The minimum atomic E-state index is -0.910. The first kappa shape index (κ1) is 15.2. The van der Waals surface area contributed by atoms with Crippen LogP contribution in [0, 0.1) is 0 Å². The highest BCUT2D eigenvalue weighted by atomic mass is 16.7. The topological polar surface area (TPSA) is 99.4 Å². The molecule has 2 rings (SSSR count). The van der Waals surface area contributed by atoms with Crippen LogP contribution >= 0.6 is 0 Å². The zero-order valence-electron chi connectivity index (χ0n) is 11.1. The van der Waals surface area contributed by atoms with Crippen LogP contribution in [0.15, 0.2) is 24.3 Å². The number of benzene rings is 1. The summed E-state index contributed by atoms with van der Waals surface area (Å²) >= 11 is 0. The molecule has 1 fully saturated rings. The zero-order chi connectivity index (χ0) is 14.5. The molecule has 4 atom stereocenters. The number of phenols is 1. The summed E-state index contributed by atoms with van der Waals surface area (Å²) in [6.07, 6.45) is -2.63. The van der Waals surface area contributed by atoms with Crippen molar-refractivity contribution in [1.82, 2.24) is 0 Å². The average Bonchev–Trinajstić information content (AvgIpc) is 2.43. The maximum atomic E-state index is 9.76. The number of aromatic hydroxyl groups is 1. The highest BCUT2D eigenvalue weighted by Gasteiger charge is 2.36. The summed E-state index contributed by atoms with van der Waals surface area (Å²) in [5, 5.41) is 37.5. The molecular formula is C14H20O6. The van der Waals surface area contributed by atoms with Gasteiger partial charge in [-0.15, -0.1) is 0 Å². The van der Waals surface area contributed by atoms with Crippen molar-refractivity contribution in [3.8, 4) is 5.75 Å². The summed E-state index contributed by atoms with van der Waals surface area (Å²) in [7, 11) is 0. The van der Waals surface area contributed by atoms with Gasteiger partial charge in [0.1, 0.15) is 18.0 Å². The van der Waals surface area contributed by atoms with Crippen molar-refractivity contribution in [2.24, 2.45) is 0 Å². The Morgan fingerprint density at radius 1 is 1.15 bits per heavy atom. The molecule has 112 valence electrons. The van der Waals surface area contributed by atoms with Gasteiger partial charge in [-0.1, -0.05) is 12.1 Å². The molecule has 1 aliphatic heterocycles. The van der Waals surface area contributed by atoms with Crippen LogP contribution in [0.1, 0.15) is 12.0 Å². The van der Waals surface area contributed by atoms with E-state index in [0.717, 1.165) is 5.56 Å².